The number of hydrogen-bond acceptors (Lipinski definition) is 8. The number of benzene rings is 1. The van der Waals surface area contributed by atoms with Crippen molar-refractivity contribution in [1.29, 1.82) is 0 Å². The van der Waals surface area contributed by atoms with E-state index in [9.17, 15) is 30.7 Å². The minimum absolute atomic E-state index is 0.0104. The molecular weight excluding hydrogens is 661 g/mol. The summed E-state index contributed by atoms with van der Waals surface area (Å²) in [5.74, 6) is -1.23. The number of pyridine rings is 2. The molecule has 0 saturated carbocycles. The molecule has 6 heterocycles. The summed E-state index contributed by atoms with van der Waals surface area (Å²) in [5, 5.41) is 5.60. The Bertz CT molecular complexity index is 1950. The van der Waals surface area contributed by atoms with Crippen LogP contribution in [0.5, 0.6) is 5.88 Å². The lowest BCUT2D eigenvalue weighted by Crippen LogP contribution is -2.35. The smallest absolute Gasteiger partial charge is 0.451 e. The van der Waals surface area contributed by atoms with Gasteiger partial charge in [-0.25, -0.2) is 19.3 Å². The van der Waals surface area contributed by atoms with Crippen LogP contribution in [-0.2, 0) is 36.8 Å². The van der Waals surface area contributed by atoms with Gasteiger partial charge in [0.05, 0.1) is 42.0 Å². The lowest BCUT2D eigenvalue weighted by Gasteiger charge is -2.32. The number of piperidine rings is 1. The van der Waals surface area contributed by atoms with Crippen molar-refractivity contribution in [2.24, 2.45) is 0 Å². The number of alkyl halides is 6. The second-order valence-electron chi connectivity index (χ2n) is 12.0. The summed E-state index contributed by atoms with van der Waals surface area (Å²) >= 11 is 0. The lowest BCUT2D eigenvalue weighted by molar-refractivity contribution is -0.144. The molecule has 0 spiro atoms. The summed E-state index contributed by atoms with van der Waals surface area (Å²) in [5.41, 5.74) is 1.18. The summed E-state index contributed by atoms with van der Waals surface area (Å²) in [6.45, 7) is 2.97. The van der Waals surface area contributed by atoms with E-state index in [2.05, 4.69) is 25.0 Å². The Morgan fingerprint density at radius 1 is 0.939 bits per heavy atom. The standard InChI is InChI=1S/C32H29F7N8O2/c33-22-12-20(31(34,35)36)5-4-19(22)17-49-28-3-1-2-23(42-28)18-6-9-46(10-7-18)16-27-41-24-13-25(29-43-30(45-44-29)32(37,38)39)40-14-26(24)47(27)15-21-8-11-48-21/h1-5,12-14,18,21H,6-11,15-17H2,(H,43,44,45). The maximum atomic E-state index is 14.3. The molecule has 0 bridgehead atoms. The van der Waals surface area contributed by atoms with Crippen LogP contribution < -0.4 is 4.74 Å². The van der Waals surface area contributed by atoms with Gasteiger partial charge in [0, 0.05) is 29.8 Å². The van der Waals surface area contributed by atoms with Crippen molar-refractivity contribution in [3.63, 3.8) is 0 Å². The number of likely N-dealkylation sites (tertiary alicyclic amines) is 1. The topological polar surface area (TPSA) is 107 Å². The summed E-state index contributed by atoms with van der Waals surface area (Å²) in [6, 6.07) is 9.20. The van der Waals surface area contributed by atoms with E-state index in [0.717, 1.165) is 61.5 Å². The molecular formula is C32H29F7N8O2. The van der Waals surface area contributed by atoms with E-state index in [0.29, 0.717) is 31.3 Å². The average Bonchev–Trinajstić information content (AvgIpc) is 3.67. The van der Waals surface area contributed by atoms with Crippen molar-refractivity contribution < 1.29 is 40.2 Å². The van der Waals surface area contributed by atoms with Gasteiger partial charge >= 0.3 is 12.4 Å². The first-order valence-electron chi connectivity index (χ1n) is 15.5. The molecule has 2 fully saturated rings. The highest BCUT2D eigenvalue weighted by molar-refractivity contribution is 5.78. The third kappa shape index (κ3) is 7.22. The minimum Gasteiger partial charge on any atom is -0.473 e. The molecule has 258 valence electrons. The summed E-state index contributed by atoms with van der Waals surface area (Å²) < 4.78 is 105. The summed E-state index contributed by atoms with van der Waals surface area (Å²) in [4.78, 5) is 19.6. The van der Waals surface area contributed by atoms with Gasteiger partial charge in [0.2, 0.25) is 11.7 Å². The number of nitrogens with zero attached hydrogens (tertiary/aromatic N) is 7. The molecule has 4 aromatic heterocycles. The second kappa shape index (κ2) is 13.0. The Morgan fingerprint density at radius 3 is 2.41 bits per heavy atom. The fraction of sp³-hybridized carbons (Fsp3) is 0.406. The van der Waals surface area contributed by atoms with E-state index in [1.807, 2.05) is 15.7 Å². The van der Waals surface area contributed by atoms with Gasteiger partial charge in [0.15, 0.2) is 5.82 Å². The molecule has 7 rings (SSSR count). The predicted molar refractivity (Wildman–Crippen MR) is 159 cm³/mol. The molecule has 0 radical (unpaired) electrons. The molecule has 10 nitrogen and oxygen atoms in total. The van der Waals surface area contributed by atoms with Crippen molar-refractivity contribution in [3.8, 4) is 17.4 Å². The van der Waals surface area contributed by atoms with E-state index in [1.54, 1.807) is 24.4 Å². The highest BCUT2D eigenvalue weighted by Gasteiger charge is 2.36. The van der Waals surface area contributed by atoms with Gasteiger partial charge < -0.3 is 14.0 Å². The molecule has 1 N–H and O–H groups in total. The average molecular weight is 691 g/mol. The quantitative estimate of drug-likeness (QED) is 0.174. The van der Waals surface area contributed by atoms with Crippen molar-refractivity contribution >= 4 is 11.0 Å². The number of aromatic nitrogens is 7. The number of rotatable bonds is 9. The Morgan fingerprint density at radius 2 is 1.73 bits per heavy atom. The van der Waals surface area contributed by atoms with Gasteiger partial charge in [-0.05, 0) is 56.6 Å². The molecule has 1 atom stereocenters. The third-order valence-electron chi connectivity index (χ3n) is 8.75. The largest absolute Gasteiger partial charge is 0.473 e. The number of nitrogens with one attached hydrogen (secondary N) is 1. The predicted octanol–water partition coefficient (Wildman–Crippen LogP) is 6.54. The molecule has 49 heavy (non-hydrogen) atoms. The van der Waals surface area contributed by atoms with Crippen molar-refractivity contribution in [1.82, 2.24) is 39.6 Å². The number of imidazole rings is 1. The van der Waals surface area contributed by atoms with Gasteiger partial charge in [-0.2, -0.15) is 31.4 Å². The van der Waals surface area contributed by atoms with Crippen LogP contribution in [0.2, 0.25) is 0 Å². The Hall–Kier alpha value is -4.64. The number of aromatic amines is 1. The van der Waals surface area contributed by atoms with Crippen LogP contribution in [0.3, 0.4) is 0 Å². The summed E-state index contributed by atoms with van der Waals surface area (Å²) in [6.07, 6.45) is -5.22. The summed E-state index contributed by atoms with van der Waals surface area (Å²) in [7, 11) is 0. The van der Waals surface area contributed by atoms with Crippen molar-refractivity contribution in [2.45, 2.75) is 63.3 Å². The van der Waals surface area contributed by atoms with Crippen LogP contribution in [0.4, 0.5) is 30.7 Å². The van der Waals surface area contributed by atoms with E-state index < -0.39 is 29.6 Å². The van der Waals surface area contributed by atoms with Crippen molar-refractivity contribution in [2.75, 3.05) is 19.7 Å². The Labute approximate surface area is 274 Å². The monoisotopic (exact) mass is 690 g/mol. The third-order valence-corrected chi connectivity index (χ3v) is 8.75. The zero-order valence-electron chi connectivity index (χ0n) is 25.7. The molecule has 2 aliphatic heterocycles. The van der Waals surface area contributed by atoms with E-state index in [4.69, 9.17) is 14.5 Å². The van der Waals surface area contributed by atoms with Crippen LogP contribution in [0, 0.1) is 5.82 Å². The first kappa shape index (κ1) is 32.9. The van der Waals surface area contributed by atoms with E-state index in [1.165, 1.54) is 0 Å². The van der Waals surface area contributed by atoms with Gasteiger partial charge in [-0.15, -0.1) is 0 Å². The first-order chi connectivity index (χ1) is 23.4. The normalized spacial score (nSPS) is 17.8. The van der Waals surface area contributed by atoms with Gasteiger partial charge in [0.25, 0.3) is 0 Å². The van der Waals surface area contributed by atoms with Crippen molar-refractivity contribution in [3.05, 3.63) is 82.9 Å². The molecule has 5 aromatic rings. The molecule has 17 heteroatoms. The first-order valence-corrected chi connectivity index (χ1v) is 15.5. The fourth-order valence-electron chi connectivity index (χ4n) is 5.97. The number of halogens is 7. The van der Waals surface area contributed by atoms with Crippen LogP contribution in [0.1, 0.15) is 53.7 Å². The Balaban J connectivity index is 1.01. The maximum absolute atomic E-state index is 14.3. The van der Waals surface area contributed by atoms with Gasteiger partial charge in [-0.1, -0.05) is 12.1 Å². The molecule has 0 aliphatic carbocycles. The molecule has 2 aliphatic rings. The van der Waals surface area contributed by atoms with Gasteiger partial charge in [-0.3, -0.25) is 15.0 Å². The van der Waals surface area contributed by atoms with Gasteiger partial charge in [0.1, 0.15) is 23.9 Å². The van der Waals surface area contributed by atoms with Crippen LogP contribution in [-0.4, -0.2) is 65.4 Å². The van der Waals surface area contributed by atoms with Crippen LogP contribution in [0.25, 0.3) is 22.6 Å². The fourth-order valence-corrected chi connectivity index (χ4v) is 5.97. The van der Waals surface area contributed by atoms with E-state index >= 15 is 0 Å². The molecule has 1 unspecified atom stereocenters. The molecule has 2 saturated heterocycles. The Kier molecular flexibility index (Phi) is 8.73. The number of ether oxygens (including phenoxy) is 2. The minimum atomic E-state index is -4.66. The number of fused-ring (bicyclic) bond motifs is 1. The van der Waals surface area contributed by atoms with E-state index in [-0.39, 0.29) is 41.6 Å². The maximum Gasteiger partial charge on any atom is 0.451 e. The van der Waals surface area contributed by atoms with Crippen LogP contribution in [0.15, 0.2) is 48.7 Å². The highest BCUT2D eigenvalue weighted by atomic mass is 19.4. The zero-order valence-corrected chi connectivity index (χ0v) is 25.7. The SMILES string of the molecule is Fc1cc(C(F)(F)F)ccc1COc1cccc(C2CCN(Cc3nc4cc(-c5n[nH]c(C(F)(F)F)n5)ncc4n3CC3CCO3)CC2)n1. The highest BCUT2D eigenvalue weighted by Crippen LogP contribution is 2.33. The number of H-pyrrole nitrogens is 1. The van der Waals surface area contributed by atoms with Crippen LogP contribution >= 0.6 is 0 Å². The lowest BCUT2D eigenvalue weighted by atomic mass is 9.93. The zero-order chi connectivity index (χ0) is 34.3. The molecule has 0 amide bonds. The molecule has 1 aromatic carbocycles. The number of hydrogen-bond donors (Lipinski definition) is 1. The second-order valence-corrected chi connectivity index (χ2v) is 12.0.